The van der Waals surface area contributed by atoms with E-state index in [-0.39, 0.29) is 5.91 Å². The van der Waals surface area contributed by atoms with Gasteiger partial charge in [0.25, 0.3) is 0 Å². The topological polar surface area (TPSA) is 75.4 Å². The minimum atomic E-state index is -0.508. The molecule has 0 saturated carbocycles. The van der Waals surface area contributed by atoms with E-state index in [9.17, 15) is 4.79 Å². The maximum Gasteiger partial charge on any atom is 0.230 e. The normalized spacial score (nSPS) is 12.5. The molecule has 0 saturated heterocycles. The summed E-state index contributed by atoms with van der Waals surface area (Å²) in [7, 11) is 0. The number of carbonyl (C=O) groups is 1. The highest BCUT2D eigenvalue weighted by Crippen LogP contribution is 2.19. The van der Waals surface area contributed by atoms with E-state index in [0.29, 0.717) is 18.1 Å². The number of carbonyl (C=O) groups excluding carboxylic acids is 1. The smallest absolute Gasteiger partial charge is 0.230 e. The minimum Gasteiger partial charge on any atom is -0.392 e. The predicted molar refractivity (Wildman–Crippen MR) is 66.8 cm³/mol. The van der Waals surface area contributed by atoms with Crippen molar-refractivity contribution in [1.82, 2.24) is 10.5 Å². The van der Waals surface area contributed by atoms with Crippen molar-refractivity contribution in [2.75, 3.05) is 12.3 Å². The molecule has 0 spiro atoms. The number of rotatable bonds is 6. The molecule has 0 aliphatic carbocycles. The number of hydrogen-bond donors (Lipinski definition) is 2. The van der Waals surface area contributed by atoms with E-state index in [4.69, 9.17) is 9.63 Å². The Balaban J connectivity index is 2.26. The average Bonchev–Trinajstić information content (AvgIpc) is 2.57. The largest absolute Gasteiger partial charge is 0.392 e. The molecule has 0 aromatic carbocycles. The lowest BCUT2D eigenvalue weighted by Crippen LogP contribution is -2.31. The molecule has 1 aromatic heterocycles. The van der Waals surface area contributed by atoms with E-state index in [0.717, 1.165) is 17.0 Å². The highest BCUT2D eigenvalue weighted by Gasteiger charge is 2.10. The van der Waals surface area contributed by atoms with Crippen molar-refractivity contribution < 1.29 is 14.4 Å². The van der Waals surface area contributed by atoms with Gasteiger partial charge in [-0.2, -0.15) is 0 Å². The van der Waals surface area contributed by atoms with Crippen LogP contribution in [0, 0.1) is 13.8 Å². The van der Waals surface area contributed by atoms with E-state index in [1.165, 1.54) is 11.8 Å². The molecule has 2 N–H and O–H groups in total. The number of hydrogen-bond acceptors (Lipinski definition) is 5. The fraction of sp³-hybridized carbons (Fsp3) is 0.636. The van der Waals surface area contributed by atoms with Crippen LogP contribution in [-0.4, -0.2) is 34.6 Å². The maximum atomic E-state index is 11.4. The molecule has 0 unspecified atom stereocenters. The number of aliphatic hydroxyl groups is 1. The van der Waals surface area contributed by atoms with Gasteiger partial charge < -0.3 is 14.9 Å². The van der Waals surface area contributed by atoms with Crippen molar-refractivity contribution in [2.45, 2.75) is 32.6 Å². The Labute approximate surface area is 105 Å². The van der Waals surface area contributed by atoms with Gasteiger partial charge in [-0.25, -0.2) is 0 Å². The van der Waals surface area contributed by atoms with Crippen LogP contribution in [0.5, 0.6) is 0 Å². The second-order valence-electron chi connectivity index (χ2n) is 3.95. The summed E-state index contributed by atoms with van der Waals surface area (Å²) >= 11 is 1.51. The van der Waals surface area contributed by atoms with Crippen molar-refractivity contribution in [3.05, 3.63) is 17.0 Å². The third kappa shape index (κ3) is 4.79. The third-order valence-corrected chi connectivity index (χ3v) is 3.21. The molecule has 0 radical (unpaired) electrons. The fourth-order valence-corrected chi connectivity index (χ4v) is 2.27. The lowest BCUT2D eigenvalue weighted by atomic mass is 10.2. The summed E-state index contributed by atoms with van der Waals surface area (Å²) < 4.78 is 5.03. The van der Waals surface area contributed by atoms with Crippen LogP contribution in [0.25, 0.3) is 0 Å². The number of amides is 1. The van der Waals surface area contributed by atoms with Gasteiger partial charge in [0, 0.05) is 17.9 Å². The highest BCUT2D eigenvalue weighted by molar-refractivity contribution is 7.99. The van der Waals surface area contributed by atoms with Crippen molar-refractivity contribution in [3.63, 3.8) is 0 Å². The molecule has 17 heavy (non-hydrogen) atoms. The molecule has 1 aromatic rings. The van der Waals surface area contributed by atoms with E-state index in [2.05, 4.69) is 10.5 Å². The average molecular weight is 258 g/mol. The number of nitrogens with one attached hydrogen (secondary N) is 1. The summed E-state index contributed by atoms with van der Waals surface area (Å²) in [5.41, 5.74) is 1.93. The molecule has 0 fully saturated rings. The molecule has 6 heteroatoms. The summed E-state index contributed by atoms with van der Waals surface area (Å²) in [5, 5.41) is 15.5. The number of nitrogens with zero attached hydrogens (tertiary/aromatic N) is 1. The lowest BCUT2D eigenvalue weighted by molar-refractivity contribution is -0.118. The SMILES string of the molecule is Cc1noc(C)c1CSCC(=O)NC[C@@H](C)O. The first-order valence-corrected chi connectivity index (χ1v) is 6.60. The Bertz CT molecular complexity index is 357. The predicted octanol–water partition coefficient (Wildman–Crippen LogP) is 1.02. The fourth-order valence-electron chi connectivity index (χ4n) is 1.27. The maximum absolute atomic E-state index is 11.4. The highest BCUT2D eigenvalue weighted by atomic mass is 32.2. The monoisotopic (exact) mass is 258 g/mol. The van der Waals surface area contributed by atoms with Gasteiger partial charge >= 0.3 is 0 Å². The van der Waals surface area contributed by atoms with Crippen LogP contribution in [0.1, 0.15) is 23.9 Å². The Morgan fingerprint density at radius 2 is 2.29 bits per heavy atom. The molecular weight excluding hydrogens is 240 g/mol. The van der Waals surface area contributed by atoms with E-state index < -0.39 is 6.10 Å². The van der Waals surface area contributed by atoms with Crippen molar-refractivity contribution in [2.24, 2.45) is 0 Å². The molecule has 0 aliphatic heterocycles. The van der Waals surface area contributed by atoms with E-state index in [1.54, 1.807) is 6.92 Å². The van der Waals surface area contributed by atoms with E-state index >= 15 is 0 Å². The Morgan fingerprint density at radius 1 is 1.59 bits per heavy atom. The first-order valence-electron chi connectivity index (χ1n) is 5.45. The van der Waals surface area contributed by atoms with Gasteiger partial charge in [-0.15, -0.1) is 11.8 Å². The summed E-state index contributed by atoms with van der Waals surface area (Å²) in [6, 6.07) is 0. The Kier molecular flexibility index (Phi) is 5.50. The second-order valence-corrected chi connectivity index (χ2v) is 4.93. The van der Waals surface area contributed by atoms with Crippen LogP contribution >= 0.6 is 11.8 Å². The number of aryl methyl sites for hydroxylation is 2. The first kappa shape index (κ1) is 14.1. The van der Waals surface area contributed by atoms with Crippen LogP contribution in [0.4, 0.5) is 0 Å². The van der Waals surface area contributed by atoms with Crippen LogP contribution in [0.2, 0.25) is 0 Å². The minimum absolute atomic E-state index is 0.0670. The van der Waals surface area contributed by atoms with Crippen molar-refractivity contribution in [1.29, 1.82) is 0 Å². The van der Waals surface area contributed by atoms with Gasteiger partial charge in [0.1, 0.15) is 5.76 Å². The molecule has 1 heterocycles. The van der Waals surface area contributed by atoms with Gasteiger partial charge in [0.2, 0.25) is 5.91 Å². The zero-order chi connectivity index (χ0) is 12.8. The molecule has 96 valence electrons. The van der Waals surface area contributed by atoms with Crippen molar-refractivity contribution >= 4 is 17.7 Å². The summed E-state index contributed by atoms with van der Waals surface area (Å²) in [6.45, 7) is 5.69. The van der Waals surface area contributed by atoms with Crippen LogP contribution < -0.4 is 5.32 Å². The second kappa shape index (κ2) is 6.66. The quantitative estimate of drug-likeness (QED) is 0.797. The number of aliphatic hydroxyl groups excluding tert-OH is 1. The third-order valence-electron chi connectivity index (χ3n) is 2.26. The summed E-state index contributed by atoms with van der Waals surface area (Å²) in [4.78, 5) is 11.4. The Hall–Kier alpha value is -1.01. The van der Waals surface area contributed by atoms with Gasteiger partial charge in [-0.1, -0.05) is 5.16 Å². The summed E-state index contributed by atoms with van der Waals surface area (Å²) in [6.07, 6.45) is -0.508. The zero-order valence-electron chi connectivity index (χ0n) is 10.3. The van der Waals surface area contributed by atoms with E-state index in [1.807, 2.05) is 13.8 Å². The lowest BCUT2D eigenvalue weighted by Gasteiger charge is -2.06. The molecular formula is C11H18N2O3S. The molecule has 5 nitrogen and oxygen atoms in total. The first-order chi connectivity index (χ1) is 8.00. The summed E-state index contributed by atoms with van der Waals surface area (Å²) in [5.74, 6) is 1.82. The number of thioether (sulfide) groups is 1. The van der Waals surface area contributed by atoms with Crippen LogP contribution in [0.3, 0.4) is 0 Å². The van der Waals surface area contributed by atoms with Gasteiger partial charge in [0.15, 0.2) is 0 Å². The standard InChI is InChI=1S/C11H18N2O3S/c1-7(14)4-12-11(15)6-17-5-10-8(2)13-16-9(10)3/h7,14H,4-6H2,1-3H3,(H,12,15)/t7-/m1/s1. The van der Waals surface area contributed by atoms with Gasteiger partial charge in [0.05, 0.1) is 17.6 Å². The molecule has 1 rings (SSSR count). The molecule has 1 atom stereocenters. The van der Waals surface area contributed by atoms with Gasteiger partial charge in [-0.3, -0.25) is 4.79 Å². The van der Waals surface area contributed by atoms with Crippen molar-refractivity contribution in [3.8, 4) is 0 Å². The van der Waals surface area contributed by atoms with Crippen LogP contribution in [0.15, 0.2) is 4.52 Å². The number of aromatic nitrogens is 1. The Morgan fingerprint density at radius 3 is 2.82 bits per heavy atom. The van der Waals surface area contributed by atoms with Crippen LogP contribution in [-0.2, 0) is 10.5 Å². The molecule has 0 aliphatic rings. The zero-order valence-corrected chi connectivity index (χ0v) is 11.1. The molecule has 1 amide bonds. The van der Waals surface area contributed by atoms with Gasteiger partial charge in [-0.05, 0) is 20.8 Å². The molecule has 0 bridgehead atoms.